The van der Waals surface area contributed by atoms with E-state index in [0.717, 1.165) is 124 Å². The zero-order valence-electron chi connectivity index (χ0n) is 41.4. The highest BCUT2D eigenvalue weighted by molar-refractivity contribution is 5.89. The molecule has 0 unspecified atom stereocenters. The van der Waals surface area contributed by atoms with Crippen LogP contribution < -0.4 is 38.2 Å². The van der Waals surface area contributed by atoms with E-state index in [1.807, 2.05) is 36.4 Å². The number of benzene rings is 4. The number of para-hydroxylation sites is 4. The zero-order valence-corrected chi connectivity index (χ0v) is 41.4. The van der Waals surface area contributed by atoms with E-state index in [-0.39, 0.29) is 0 Å². The van der Waals surface area contributed by atoms with Crippen LogP contribution in [0.1, 0.15) is 22.5 Å². The first-order valence-electron chi connectivity index (χ1n) is 23.2. The second-order valence-corrected chi connectivity index (χ2v) is 17.0. The molecule has 0 bridgehead atoms. The molecule has 8 rings (SSSR count). The number of carbonyl (C=O) groups is 2. The summed E-state index contributed by atoms with van der Waals surface area (Å²) in [4.78, 5) is 36.5. The number of piperazine rings is 2. The van der Waals surface area contributed by atoms with Gasteiger partial charge in [0.05, 0.1) is 54.0 Å². The summed E-state index contributed by atoms with van der Waals surface area (Å²) in [5.41, 5.74) is 9.72. The number of hydrogen-bond donors (Lipinski definition) is 6. The highest BCUT2D eigenvalue weighted by Crippen LogP contribution is 2.37. The van der Waals surface area contributed by atoms with Crippen molar-refractivity contribution in [2.45, 2.75) is 38.9 Å². The van der Waals surface area contributed by atoms with E-state index in [0.29, 0.717) is 0 Å². The number of aromatic nitrogens is 2. The lowest BCUT2D eigenvalue weighted by Crippen LogP contribution is -2.47. The van der Waals surface area contributed by atoms with Crippen molar-refractivity contribution >= 4 is 45.1 Å². The molecule has 18 heteroatoms. The molecule has 4 heterocycles. The molecule has 4 aromatic carbocycles. The number of hydrogen-bond acceptors (Lipinski definition) is 14. The lowest BCUT2D eigenvalue weighted by Gasteiger charge is -2.36. The smallest absolute Gasteiger partial charge is 0.335 e. The lowest BCUT2D eigenvalue weighted by molar-refractivity contribution is -0.165. The topological polar surface area (TPSA) is 215 Å². The maximum atomic E-state index is 9.77. The van der Waals surface area contributed by atoms with Crippen LogP contribution >= 0.6 is 0 Å². The van der Waals surface area contributed by atoms with Crippen LogP contribution in [-0.2, 0) is 22.4 Å². The van der Waals surface area contributed by atoms with Gasteiger partial charge in [-0.25, -0.2) is 9.59 Å². The second-order valence-electron chi connectivity index (χ2n) is 17.0. The first-order valence-corrected chi connectivity index (χ1v) is 23.2. The number of nitrogens with one attached hydrogen (secondary N) is 2. The number of carboxylic acid groups (broad SMARTS) is 2. The normalized spacial score (nSPS) is 15.0. The monoisotopic (exact) mass is 968 g/mol. The highest BCUT2D eigenvalue weighted by atomic mass is 16.5. The van der Waals surface area contributed by atoms with Crippen molar-refractivity contribution in [3.8, 4) is 34.5 Å². The Kier molecular flexibility index (Phi) is 18.5. The summed E-state index contributed by atoms with van der Waals surface area (Å²) >= 11 is 0. The summed E-state index contributed by atoms with van der Waals surface area (Å²) in [7, 11) is 10.2. The van der Waals surface area contributed by atoms with Crippen LogP contribution in [0.4, 0.5) is 11.4 Å². The van der Waals surface area contributed by atoms with Gasteiger partial charge < -0.3 is 68.6 Å². The van der Waals surface area contributed by atoms with Gasteiger partial charge in [0.25, 0.3) is 0 Å². The number of aryl methyl sites for hydroxylation is 2. The third kappa shape index (κ3) is 12.5. The van der Waals surface area contributed by atoms with Crippen LogP contribution in [0.15, 0.2) is 72.8 Å². The van der Waals surface area contributed by atoms with Crippen LogP contribution in [-0.4, -0.2) is 172 Å². The molecule has 2 aromatic heterocycles. The Bertz CT molecular complexity index is 2490. The molecule has 2 fully saturated rings. The number of aliphatic hydroxyl groups is 2. The van der Waals surface area contributed by atoms with Crippen molar-refractivity contribution in [1.82, 2.24) is 19.8 Å². The fourth-order valence-corrected chi connectivity index (χ4v) is 9.08. The first-order chi connectivity index (χ1) is 33.7. The summed E-state index contributed by atoms with van der Waals surface area (Å²) in [6.45, 7) is 14.6. The van der Waals surface area contributed by atoms with E-state index in [4.69, 9.17) is 48.8 Å². The van der Waals surface area contributed by atoms with E-state index >= 15 is 0 Å². The number of aromatic amines is 2. The second kappa shape index (κ2) is 24.6. The van der Waals surface area contributed by atoms with Gasteiger partial charge in [0, 0.05) is 111 Å². The van der Waals surface area contributed by atoms with Crippen molar-refractivity contribution in [2.75, 3.05) is 118 Å². The summed E-state index contributed by atoms with van der Waals surface area (Å²) in [5, 5.41) is 35.0. The van der Waals surface area contributed by atoms with Gasteiger partial charge in [-0.3, -0.25) is 9.80 Å². The zero-order chi connectivity index (χ0) is 50.5. The maximum absolute atomic E-state index is 9.77. The van der Waals surface area contributed by atoms with Crippen LogP contribution in [0.2, 0.25) is 0 Å². The van der Waals surface area contributed by atoms with Crippen LogP contribution in [0.5, 0.6) is 34.5 Å². The fraction of sp³-hybridized carbons (Fsp3) is 0.423. The molecule has 6 N–H and O–H groups in total. The summed E-state index contributed by atoms with van der Waals surface area (Å²) in [6.07, 6.45) is -2.51. The first kappa shape index (κ1) is 52.5. The standard InChI is InChI=1S/2C24H31N3O3.C4H6O6/c2*1-17-18(19-15-23(29-3)24(30-4)16-20(19)25-17)9-10-26-11-13-27(14-12-26)21-7-5-6-8-22(21)28-2;5-1(3(7)8)2(6)4(9)10/h2*5-8,15-16,25H,9-14H2,1-4H3;1-2,5-6H,(H,7,8)(H,9,10)/t;;1-,2-/m..1/s1. The van der Waals surface area contributed by atoms with Gasteiger partial charge in [0.1, 0.15) is 11.5 Å². The number of aliphatic carboxylic acids is 2. The third-order valence-corrected chi connectivity index (χ3v) is 13.0. The molecule has 0 radical (unpaired) electrons. The summed E-state index contributed by atoms with van der Waals surface area (Å²) in [6, 6.07) is 24.8. The minimum atomic E-state index is -2.27. The number of aliphatic hydroxyl groups excluding tert-OH is 2. The Labute approximate surface area is 408 Å². The van der Waals surface area contributed by atoms with E-state index in [1.54, 1.807) is 42.7 Å². The number of ether oxygens (including phenoxy) is 6. The van der Waals surface area contributed by atoms with Gasteiger partial charge in [0.2, 0.25) is 0 Å². The minimum absolute atomic E-state index is 0.755. The van der Waals surface area contributed by atoms with Crippen molar-refractivity contribution in [1.29, 1.82) is 0 Å². The molecule has 2 saturated heterocycles. The summed E-state index contributed by atoms with van der Waals surface area (Å²) < 4.78 is 33.0. The molecular weight excluding hydrogens is 901 g/mol. The largest absolute Gasteiger partial charge is 0.495 e. The van der Waals surface area contributed by atoms with Gasteiger partial charge >= 0.3 is 11.9 Å². The SMILES string of the molecule is COc1cc2[nH]c(C)c(CCN3CCN(c4ccccc4OC)CC3)c2cc1OC.COc1cc2[nH]c(C)c(CCN3CCN(c4ccccc4OC)CC3)c2cc1OC.O=C(O)[C@H](O)[C@@H](O)C(=O)O. The fourth-order valence-electron chi connectivity index (χ4n) is 9.08. The van der Waals surface area contributed by atoms with E-state index in [1.165, 1.54) is 44.7 Å². The number of H-pyrrole nitrogens is 2. The number of methoxy groups -OCH3 is 6. The molecule has 0 aliphatic carbocycles. The molecule has 18 nitrogen and oxygen atoms in total. The van der Waals surface area contributed by atoms with Gasteiger partial charge in [-0.15, -0.1) is 0 Å². The predicted octanol–water partition coefficient (Wildman–Crippen LogP) is 5.61. The van der Waals surface area contributed by atoms with Crippen LogP contribution in [0.3, 0.4) is 0 Å². The number of rotatable bonds is 17. The van der Waals surface area contributed by atoms with Crippen molar-refractivity contribution in [2.24, 2.45) is 0 Å². The average Bonchev–Trinajstić information content (AvgIpc) is 3.88. The molecule has 378 valence electrons. The van der Waals surface area contributed by atoms with E-state index in [2.05, 4.69) is 79.8 Å². The molecule has 70 heavy (non-hydrogen) atoms. The molecule has 2 aliphatic rings. The Morgan fingerprint density at radius 1 is 0.500 bits per heavy atom. The van der Waals surface area contributed by atoms with E-state index < -0.39 is 24.1 Å². The molecule has 0 spiro atoms. The highest BCUT2D eigenvalue weighted by Gasteiger charge is 2.29. The minimum Gasteiger partial charge on any atom is -0.495 e. The Morgan fingerprint density at radius 3 is 1.13 bits per heavy atom. The van der Waals surface area contributed by atoms with Crippen molar-refractivity contribution < 1.29 is 58.4 Å². The van der Waals surface area contributed by atoms with Gasteiger partial charge in [0.15, 0.2) is 35.2 Å². The number of carboxylic acids is 2. The molecule has 0 amide bonds. The Balaban J connectivity index is 0.000000193. The lowest BCUT2D eigenvalue weighted by atomic mass is 10.1. The van der Waals surface area contributed by atoms with Gasteiger partial charge in [-0.05, 0) is 74.2 Å². The molecular formula is C52H68N6O12. The van der Waals surface area contributed by atoms with Crippen molar-refractivity contribution in [3.63, 3.8) is 0 Å². The van der Waals surface area contributed by atoms with Gasteiger partial charge in [-0.1, -0.05) is 24.3 Å². The predicted molar refractivity (Wildman–Crippen MR) is 270 cm³/mol. The van der Waals surface area contributed by atoms with Crippen LogP contribution in [0, 0.1) is 13.8 Å². The quantitative estimate of drug-likeness (QED) is 0.0655. The Hall–Kier alpha value is -6.86. The third-order valence-electron chi connectivity index (χ3n) is 13.0. The number of nitrogens with zero attached hydrogens (tertiary/aromatic N) is 4. The number of fused-ring (bicyclic) bond motifs is 2. The molecule has 0 saturated carbocycles. The van der Waals surface area contributed by atoms with Crippen molar-refractivity contribution in [3.05, 3.63) is 95.3 Å². The maximum Gasteiger partial charge on any atom is 0.335 e. The summed E-state index contributed by atoms with van der Waals surface area (Å²) in [5.74, 6) is 1.42. The van der Waals surface area contributed by atoms with Gasteiger partial charge in [-0.2, -0.15) is 0 Å². The molecule has 6 aromatic rings. The average molecular weight is 969 g/mol. The molecule has 2 aliphatic heterocycles. The van der Waals surface area contributed by atoms with E-state index in [9.17, 15) is 9.59 Å². The Morgan fingerprint density at radius 2 is 0.814 bits per heavy atom. The number of anilines is 2. The molecule has 2 atom stereocenters. The van der Waals surface area contributed by atoms with Crippen LogP contribution in [0.25, 0.3) is 21.8 Å².